The largest absolute Gasteiger partial charge is 0.368 e. The molecule has 0 bridgehead atoms. The molecule has 0 unspecified atom stereocenters. The Bertz CT molecular complexity index is 470. The molecule has 0 aliphatic rings. The van der Waals surface area contributed by atoms with E-state index in [-0.39, 0.29) is 5.95 Å². The van der Waals surface area contributed by atoms with Gasteiger partial charge in [0.1, 0.15) is 5.82 Å². The van der Waals surface area contributed by atoms with Gasteiger partial charge in [-0.25, -0.2) is 4.98 Å². The summed E-state index contributed by atoms with van der Waals surface area (Å²) in [7, 11) is 0. The molecule has 2 aromatic rings. The molecule has 0 fully saturated rings. The maximum Gasteiger partial charge on any atom is 0.221 e. The SMILES string of the molecule is Nc1nccc(NCc2ccc(Br)cc2)n1. The zero-order valence-electron chi connectivity index (χ0n) is 8.52. The minimum Gasteiger partial charge on any atom is -0.368 e. The summed E-state index contributed by atoms with van der Waals surface area (Å²) in [6.45, 7) is 0.712. The molecule has 0 aliphatic carbocycles. The highest BCUT2D eigenvalue weighted by Gasteiger charge is 1.96. The third kappa shape index (κ3) is 2.93. The van der Waals surface area contributed by atoms with Crippen molar-refractivity contribution in [1.29, 1.82) is 0 Å². The second-order valence-corrected chi connectivity index (χ2v) is 4.20. The first kappa shape index (κ1) is 10.9. The molecule has 0 spiro atoms. The predicted molar refractivity (Wildman–Crippen MR) is 67.9 cm³/mol. The molecule has 0 saturated heterocycles. The fraction of sp³-hybridized carbons (Fsp3) is 0.0909. The molecule has 0 amide bonds. The van der Waals surface area contributed by atoms with Crippen molar-refractivity contribution >= 4 is 27.7 Å². The van der Waals surface area contributed by atoms with E-state index in [1.54, 1.807) is 12.3 Å². The van der Waals surface area contributed by atoms with Crippen LogP contribution in [0.3, 0.4) is 0 Å². The molecule has 0 saturated carbocycles. The van der Waals surface area contributed by atoms with Crippen molar-refractivity contribution in [2.24, 2.45) is 0 Å². The molecule has 1 aromatic heterocycles. The number of aromatic nitrogens is 2. The highest BCUT2D eigenvalue weighted by atomic mass is 79.9. The fourth-order valence-corrected chi connectivity index (χ4v) is 1.53. The van der Waals surface area contributed by atoms with E-state index in [9.17, 15) is 0 Å². The van der Waals surface area contributed by atoms with Crippen LogP contribution in [0.5, 0.6) is 0 Å². The molecule has 82 valence electrons. The second kappa shape index (κ2) is 4.94. The van der Waals surface area contributed by atoms with Crippen molar-refractivity contribution in [2.75, 3.05) is 11.1 Å². The molecule has 0 radical (unpaired) electrons. The van der Waals surface area contributed by atoms with Crippen LogP contribution >= 0.6 is 15.9 Å². The monoisotopic (exact) mass is 278 g/mol. The lowest BCUT2D eigenvalue weighted by Crippen LogP contribution is -2.03. The quantitative estimate of drug-likeness (QED) is 0.905. The van der Waals surface area contributed by atoms with E-state index >= 15 is 0 Å². The highest BCUT2D eigenvalue weighted by molar-refractivity contribution is 9.10. The Hall–Kier alpha value is -1.62. The number of benzene rings is 1. The van der Waals surface area contributed by atoms with Crippen LogP contribution in [0.25, 0.3) is 0 Å². The summed E-state index contributed by atoms with van der Waals surface area (Å²) in [6, 6.07) is 9.88. The second-order valence-electron chi connectivity index (χ2n) is 3.28. The van der Waals surface area contributed by atoms with E-state index in [0.717, 1.165) is 10.3 Å². The van der Waals surface area contributed by atoms with Crippen molar-refractivity contribution in [3.8, 4) is 0 Å². The van der Waals surface area contributed by atoms with Gasteiger partial charge in [-0.2, -0.15) is 4.98 Å². The Morgan fingerprint density at radius 3 is 2.62 bits per heavy atom. The van der Waals surface area contributed by atoms with E-state index in [0.29, 0.717) is 6.54 Å². The third-order valence-electron chi connectivity index (χ3n) is 2.06. The highest BCUT2D eigenvalue weighted by Crippen LogP contribution is 2.12. The summed E-state index contributed by atoms with van der Waals surface area (Å²) in [6.07, 6.45) is 1.63. The average molecular weight is 279 g/mol. The first-order valence-corrected chi connectivity index (χ1v) is 5.60. The molecule has 1 heterocycles. The Labute approximate surface area is 102 Å². The van der Waals surface area contributed by atoms with Gasteiger partial charge in [0, 0.05) is 17.2 Å². The van der Waals surface area contributed by atoms with Crippen LogP contribution in [-0.2, 0) is 6.54 Å². The topological polar surface area (TPSA) is 63.8 Å². The molecular weight excluding hydrogens is 268 g/mol. The lowest BCUT2D eigenvalue weighted by Gasteiger charge is -2.05. The number of rotatable bonds is 3. The van der Waals surface area contributed by atoms with Gasteiger partial charge >= 0.3 is 0 Å². The zero-order valence-corrected chi connectivity index (χ0v) is 10.1. The Morgan fingerprint density at radius 1 is 1.19 bits per heavy atom. The van der Waals surface area contributed by atoms with E-state index in [1.807, 2.05) is 24.3 Å². The van der Waals surface area contributed by atoms with Crippen LogP contribution in [-0.4, -0.2) is 9.97 Å². The summed E-state index contributed by atoms with van der Waals surface area (Å²) in [5.41, 5.74) is 6.66. The molecular formula is C11H11BrN4. The maximum atomic E-state index is 5.48. The number of hydrogen-bond acceptors (Lipinski definition) is 4. The first-order valence-electron chi connectivity index (χ1n) is 4.81. The number of nitrogens with two attached hydrogens (primary N) is 1. The molecule has 1 aromatic carbocycles. The fourth-order valence-electron chi connectivity index (χ4n) is 1.27. The van der Waals surface area contributed by atoms with Gasteiger partial charge in [-0.15, -0.1) is 0 Å². The number of hydrogen-bond donors (Lipinski definition) is 2. The van der Waals surface area contributed by atoms with Crippen molar-refractivity contribution in [3.05, 3.63) is 46.6 Å². The van der Waals surface area contributed by atoms with Crippen LogP contribution in [0.2, 0.25) is 0 Å². The average Bonchev–Trinajstić information content (AvgIpc) is 2.28. The van der Waals surface area contributed by atoms with Crippen LogP contribution in [0.15, 0.2) is 41.0 Å². The van der Waals surface area contributed by atoms with Crippen LogP contribution < -0.4 is 11.1 Å². The zero-order chi connectivity index (χ0) is 11.4. The number of nitrogen functional groups attached to an aromatic ring is 1. The minimum absolute atomic E-state index is 0.279. The van der Waals surface area contributed by atoms with Gasteiger partial charge in [0.2, 0.25) is 5.95 Å². The molecule has 5 heteroatoms. The van der Waals surface area contributed by atoms with Crippen molar-refractivity contribution in [3.63, 3.8) is 0 Å². The Morgan fingerprint density at radius 2 is 1.94 bits per heavy atom. The third-order valence-corrected chi connectivity index (χ3v) is 2.59. The van der Waals surface area contributed by atoms with Crippen LogP contribution in [0.1, 0.15) is 5.56 Å². The molecule has 0 aliphatic heterocycles. The summed E-state index contributed by atoms with van der Waals surface area (Å²) in [5, 5.41) is 3.17. The van der Waals surface area contributed by atoms with Gasteiger partial charge in [-0.05, 0) is 23.8 Å². The smallest absolute Gasteiger partial charge is 0.221 e. The molecule has 2 rings (SSSR count). The van der Waals surface area contributed by atoms with Crippen molar-refractivity contribution in [2.45, 2.75) is 6.54 Å². The summed E-state index contributed by atoms with van der Waals surface area (Å²) < 4.78 is 1.07. The normalized spacial score (nSPS) is 10.1. The standard InChI is InChI=1S/C11H11BrN4/c12-9-3-1-8(2-4-9)7-15-10-5-6-14-11(13)16-10/h1-6H,7H2,(H3,13,14,15,16). The lowest BCUT2D eigenvalue weighted by molar-refractivity contribution is 1.09. The lowest BCUT2D eigenvalue weighted by atomic mass is 10.2. The molecule has 4 nitrogen and oxygen atoms in total. The van der Waals surface area contributed by atoms with Crippen molar-refractivity contribution in [1.82, 2.24) is 9.97 Å². The van der Waals surface area contributed by atoms with E-state index in [2.05, 4.69) is 31.2 Å². The van der Waals surface area contributed by atoms with Gasteiger partial charge in [0.25, 0.3) is 0 Å². The van der Waals surface area contributed by atoms with Gasteiger partial charge in [-0.3, -0.25) is 0 Å². The van der Waals surface area contributed by atoms with Crippen molar-refractivity contribution < 1.29 is 0 Å². The van der Waals surface area contributed by atoms with Gasteiger partial charge in [-0.1, -0.05) is 28.1 Å². The summed E-state index contributed by atoms with van der Waals surface area (Å²) in [5.74, 6) is 1.01. The molecule has 16 heavy (non-hydrogen) atoms. The minimum atomic E-state index is 0.279. The van der Waals surface area contributed by atoms with E-state index in [4.69, 9.17) is 5.73 Å². The predicted octanol–water partition coefficient (Wildman–Crippen LogP) is 2.43. The van der Waals surface area contributed by atoms with Gasteiger partial charge < -0.3 is 11.1 Å². The Balaban J connectivity index is 1.99. The number of halogens is 1. The number of nitrogens with one attached hydrogen (secondary N) is 1. The first-order chi connectivity index (χ1) is 7.74. The summed E-state index contributed by atoms with van der Waals surface area (Å²) >= 11 is 3.39. The van der Waals surface area contributed by atoms with E-state index < -0.39 is 0 Å². The van der Waals surface area contributed by atoms with Crippen LogP contribution in [0, 0.1) is 0 Å². The Kier molecular flexibility index (Phi) is 3.36. The number of nitrogens with zero attached hydrogens (tertiary/aromatic N) is 2. The van der Waals surface area contributed by atoms with Crippen LogP contribution in [0.4, 0.5) is 11.8 Å². The molecule has 3 N–H and O–H groups in total. The number of anilines is 2. The van der Waals surface area contributed by atoms with E-state index in [1.165, 1.54) is 5.56 Å². The van der Waals surface area contributed by atoms with Gasteiger partial charge in [0.05, 0.1) is 0 Å². The molecule has 0 atom stereocenters. The van der Waals surface area contributed by atoms with Gasteiger partial charge in [0.15, 0.2) is 0 Å². The summed E-state index contributed by atoms with van der Waals surface area (Å²) in [4.78, 5) is 7.88. The maximum absolute atomic E-state index is 5.48.